The standard InChI is InChI=1S/C23H39O2P/c1-11-22(9,10)19-16-18(21(6,7)8)15-17(5)20(19)25-23(12-2,13-3)26-24-14-4/h11,15-16,26H,1,12-14H2,2-10H3. The van der Waals surface area contributed by atoms with Gasteiger partial charge in [0.15, 0.2) is 0 Å². The quantitative estimate of drug-likeness (QED) is 0.332. The van der Waals surface area contributed by atoms with Crippen LogP contribution in [0.4, 0.5) is 0 Å². The molecule has 1 unspecified atom stereocenters. The Hall–Kier alpha value is -0.850. The van der Waals surface area contributed by atoms with Gasteiger partial charge < -0.3 is 9.26 Å². The van der Waals surface area contributed by atoms with Crippen molar-refractivity contribution in [1.82, 2.24) is 0 Å². The predicted octanol–water partition coefficient (Wildman–Crippen LogP) is 7.28. The van der Waals surface area contributed by atoms with Crippen LogP contribution in [-0.2, 0) is 15.4 Å². The smallest absolute Gasteiger partial charge is 0.149 e. The number of aryl methyl sites for hydroxylation is 1. The maximum atomic E-state index is 6.76. The zero-order valence-corrected chi connectivity index (χ0v) is 19.4. The molecule has 0 fully saturated rings. The van der Waals surface area contributed by atoms with Gasteiger partial charge in [0.1, 0.15) is 11.1 Å². The highest BCUT2D eigenvalue weighted by Crippen LogP contribution is 2.46. The van der Waals surface area contributed by atoms with Gasteiger partial charge >= 0.3 is 0 Å². The number of hydrogen-bond donors (Lipinski definition) is 0. The molecular weight excluding hydrogens is 339 g/mol. The monoisotopic (exact) mass is 378 g/mol. The summed E-state index contributed by atoms with van der Waals surface area (Å²) in [4.78, 5) is 0. The van der Waals surface area contributed by atoms with Crippen LogP contribution in [0, 0.1) is 6.92 Å². The Morgan fingerprint density at radius 3 is 2.04 bits per heavy atom. The van der Waals surface area contributed by atoms with Gasteiger partial charge in [-0.2, -0.15) is 0 Å². The minimum atomic E-state index is -0.268. The van der Waals surface area contributed by atoms with Crippen molar-refractivity contribution in [3.63, 3.8) is 0 Å². The summed E-state index contributed by atoms with van der Waals surface area (Å²) in [6.07, 6.45) is 3.87. The molecule has 148 valence electrons. The summed E-state index contributed by atoms with van der Waals surface area (Å²) in [6, 6.07) is 4.59. The zero-order valence-electron chi connectivity index (χ0n) is 18.4. The molecule has 2 nitrogen and oxygen atoms in total. The maximum absolute atomic E-state index is 6.76. The van der Waals surface area contributed by atoms with E-state index in [1.807, 2.05) is 13.0 Å². The molecule has 1 aromatic carbocycles. The molecule has 1 rings (SSSR count). The van der Waals surface area contributed by atoms with Crippen molar-refractivity contribution >= 4 is 8.81 Å². The fourth-order valence-electron chi connectivity index (χ4n) is 2.89. The molecule has 1 atom stereocenters. The molecule has 0 spiro atoms. The molecule has 3 heteroatoms. The van der Waals surface area contributed by atoms with Gasteiger partial charge in [-0.25, -0.2) is 0 Å². The van der Waals surface area contributed by atoms with E-state index in [2.05, 4.69) is 74.1 Å². The summed E-state index contributed by atoms with van der Waals surface area (Å²) >= 11 is 0. The molecule has 0 N–H and O–H groups in total. The molecule has 0 saturated carbocycles. The van der Waals surface area contributed by atoms with Crippen molar-refractivity contribution in [2.24, 2.45) is 0 Å². The molecule has 0 heterocycles. The van der Waals surface area contributed by atoms with Crippen molar-refractivity contribution in [2.45, 2.75) is 91.3 Å². The van der Waals surface area contributed by atoms with E-state index in [1.54, 1.807) is 0 Å². The first-order valence-corrected chi connectivity index (χ1v) is 10.7. The minimum absolute atomic E-state index is 0.0922. The first kappa shape index (κ1) is 23.2. The van der Waals surface area contributed by atoms with Gasteiger partial charge in [-0.15, -0.1) is 6.58 Å². The summed E-state index contributed by atoms with van der Waals surface area (Å²) in [5.74, 6) is 0.999. The SMILES string of the molecule is C=CC(C)(C)c1cc(C(C)(C)C)cc(C)c1OC(CC)(CC)POCC. The Kier molecular flexibility index (Phi) is 7.93. The third-order valence-corrected chi connectivity index (χ3v) is 6.80. The van der Waals surface area contributed by atoms with Gasteiger partial charge in [-0.3, -0.25) is 0 Å². The summed E-state index contributed by atoms with van der Waals surface area (Å²) in [7, 11) is 0.334. The number of ether oxygens (including phenoxy) is 1. The van der Waals surface area contributed by atoms with Crippen LogP contribution >= 0.6 is 8.81 Å². The third-order valence-electron chi connectivity index (χ3n) is 5.19. The largest absolute Gasteiger partial charge is 0.480 e. The molecule has 0 saturated heterocycles. The minimum Gasteiger partial charge on any atom is -0.480 e. The third kappa shape index (κ3) is 5.33. The van der Waals surface area contributed by atoms with Crippen molar-refractivity contribution in [2.75, 3.05) is 6.61 Å². The van der Waals surface area contributed by atoms with E-state index in [0.29, 0.717) is 8.81 Å². The van der Waals surface area contributed by atoms with Crippen molar-refractivity contribution in [3.05, 3.63) is 41.5 Å². The summed E-state index contributed by atoms with van der Waals surface area (Å²) in [5.41, 5.74) is 3.66. The first-order chi connectivity index (χ1) is 12.0. The molecule has 26 heavy (non-hydrogen) atoms. The van der Waals surface area contributed by atoms with E-state index in [1.165, 1.54) is 16.7 Å². The van der Waals surface area contributed by atoms with Gasteiger partial charge in [0.05, 0.1) is 8.81 Å². The lowest BCUT2D eigenvalue weighted by Gasteiger charge is -2.36. The number of rotatable bonds is 9. The van der Waals surface area contributed by atoms with Crippen LogP contribution < -0.4 is 4.74 Å². The van der Waals surface area contributed by atoms with Gasteiger partial charge in [0, 0.05) is 17.6 Å². The molecule has 0 aromatic heterocycles. The van der Waals surface area contributed by atoms with Crippen LogP contribution in [0.1, 0.15) is 84.9 Å². The van der Waals surface area contributed by atoms with Crippen LogP contribution in [0.5, 0.6) is 5.75 Å². The van der Waals surface area contributed by atoms with Crippen molar-refractivity contribution in [3.8, 4) is 5.75 Å². The summed E-state index contributed by atoms with van der Waals surface area (Å²) < 4.78 is 12.6. The number of hydrogen-bond acceptors (Lipinski definition) is 2. The molecule has 0 aliphatic carbocycles. The second-order valence-corrected chi connectivity index (χ2v) is 10.1. The summed E-state index contributed by atoms with van der Waals surface area (Å²) in [5, 5.41) is -0.268. The second-order valence-electron chi connectivity index (χ2n) is 8.68. The van der Waals surface area contributed by atoms with Crippen molar-refractivity contribution in [1.29, 1.82) is 0 Å². The topological polar surface area (TPSA) is 18.5 Å². The van der Waals surface area contributed by atoms with E-state index in [0.717, 1.165) is 25.2 Å². The van der Waals surface area contributed by atoms with Gasteiger partial charge in [0.25, 0.3) is 0 Å². The Morgan fingerprint density at radius 2 is 1.62 bits per heavy atom. The normalized spacial score (nSPS) is 13.4. The van der Waals surface area contributed by atoms with E-state index in [4.69, 9.17) is 9.26 Å². The fourth-order valence-corrected chi connectivity index (χ4v) is 3.73. The molecule has 1 aromatic rings. The Morgan fingerprint density at radius 1 is 1.04 bits per heavy atom. The number of benzene rings is 1. The lowest BCUT2D eigenvalue weighted by molar-refractivity contribution is 0.135. The Bertz CT molecular complexity index is 607. The highest BCUT2D eigenvalue weighted by molar-refractivity contribution is 7.34. The average Bonchev–Trinajstić information content (AvgIpc) is 2.58. The van der Waals surface area contributed by atoms with Crippen LogP contribution in [0.15, 0.2) is 24.8 Å². The van der Waals surface area contributed by atoms with E-state index >= 15 is 0 Å². The summed E-state index contributed by atoms with van der Waals surface area (Å²) in [6.45, 7) is 24.6. The van der Waals surface area contributed by atoms with E-state index in [9.17, 15) is 0 Å². The molecule has 0 aliphatic heterocycles. The van der Waals surface area contributed by atoms with Crippen LogP contribution in [0.3, 0.4) is 0 Å². The maximum Gasteiger partial charge on any atom is 0.149 e. The van der Waals surface area contributed by atoms with Crippen LogP contribution in [-0.4, -0.2) is 11.9 Å². The molecule has 0 radical (unpaired) electrons. The number of allylic oxidation sites excluding steroid dienone is 1. The Labute approximate surface area is 163 Å². The molecular formula is C23H39O2P. The molecule has 0 aliphatic rings. The highest BCUT2D eigenvalue weighted by Gasteiger charge is 2.33. The van der Waals surface area contributed by atoms with Crippen molar-refractivity contribution < 1.29 is 9.26 Å². The average molecular weight is 379 g/mol. The highest BCUT2D eigenvalue weighted by atomic mass is 31.1. The van der Waals surface area contributed by atoms with Crippen LogP contribution in [0.25, 0.3) is 0 Å². The predicted molar refractivity (Wildman–Crippen MR) is 117 cm³/mol. The van der Waals surface area contributed by atoms with E-state index < -0.39 is 0 Å². The second kappa shape index (κ2) is 8.89. The zero-order chi connectivity index (χ0) is 20.2. The van der Waals surface area contributed by atoms with Gasteiger partial charge in [0.2, 0.25) is 0 Å². The molecule has 0 amide bonds. The van der Waals surface area contributed by atoms with Gasteiger partial charge in [-0.1, -0.05) is 66.7 Å². The fraction of sp³-hybridized carbons (Fsp3) is 0.652. The first-order valence-electron chi connectivity index (χ1n) is 9.83. The van der Waals surface area contributed by atoms with Gasteiger partial charge in [-0.05, 0) is 43.2 Å². The van der Waals surface area contributed by atoms with Crippen LogP contribution in [0.2, 0.25) is 0 Å². The van der Waals surface area contributed by atoms with E-state index in [-0.39, 0.29) is 16.2 Å². The molecule has 0 bridgehead atoms. The lowest BCUT2D eigenvalue weighted by atomic mass is 9.78. The Balaban J connectivity index is 3.56. The lowest BCUT2D eigenvalue weighted by Crippen LogP contribution is -2.31.